The molecule has 0 aliphatic carbocycles. The summed E-state index contributed by atoms with van der Waals surface area (Å²) in [6, 6.07) is 15.8. The minimum Gasteiger partial charge on any atom is -0.497 e. The van der Waals surface area contributed by atoms with Crippen molar-refractivity contribution in [3.05, 3.63) is 54.1 Å². The van der Waals surface area contributed by atoms with Gasteiger partial charge < -0.3 is 14.5 Å². The molecule has 0 N–H and O–H groups in total. The maximum absolute atomic E-state index is 13.6. The molecule has 0 spiro atoms. The molecule has 156 valence electrons. The van der Waals surface area contributed by atoms with Crippen LogP contribution in [0.25, 0.3) is 0 Å². The summed E-state index contributed by atoms with van der Waals surface area (Å²) in [6.07, 6.45) is -0.761. The minimum absolute atomic E-state index is 0.0985. The fourth-order valence-electron chi connectivity index (χ4n) is 3.18. The summed E-state index contributed by atoms with van der Waals surface area (Å²) < 4.78 is 5.28. The Morgan fingerprint density at radius 3 is 2.48 bits per heavy atom. The van der Waals surface area contributed by atoms with Crippen LogP contribution in [-0.4, -0.2) is 57.8 Å². The fourth-order valence-corrected chi connectivity index (χ4v) is 4.49. The molecule has 0 bridgehead atoms. The first-order valence-corrected chi connectivity index (χ1v) is 10.6. The number of hydrogen-bond acceptors (Lipinski definition) is 6. The molecule has 0 unspecified atom stereocenters. The Bertz CT molecular complexity index is 813. The number of hydrogen-bond donors (Lipinski definition) is 0. The highest BCUT2D eigenvalue weighted by atomic mass is 32.2. The first-order valence-electron chi connectivity index (χ1n) is 9.69. The molecule has 1 heterocycles. The molecule has 0 saturated carbocycles. The number of carbonyl (C=O) groups is 1. The Hall–Kier alpha value is -2.06. The van der Waals surface area contributed by atoms with E-state index in [0.717, 1.165) is 28.4 Å². The van der Waals surface area contributed by atoms with Crippen molar-refractivity contribution in [2.24, 2.45) is 0 Å². The second-order valence-corrected chi connectivity index (χ2v) is 8.18. The quantitative estimate of drug-likeness (QED) is 0.482. The van der Waals surface area contributed by atoms with Gasteiger partial charge in [0.15, 0.2) is 6.10 Å². The number of carbonyl (C=O) groups excluding carboxylic acids is 1. The third-order valence-electron chi connectivity index (χ3n) is 4.70. The average molecular weight is 417 g/mol. The molecule has 1 amide bonds. The van der Waals surface area contributed by atoms with Crippen molar-refractivity contribution in [3.63, 3.8) is 0 Å². The van der Waals surface area contributed by atoms with Crippen molar-refractivity contribution in [3.8, 4) is 5.75 Å². The molecule has 2 aromatic rings. The SMILES string of the molecule is CCOO[C@H]1C(=O)N(CCN(C)C)c2ccccc2S[C@H]1c1ccc(OC)cc1. The summed E-state index contributed by atoms with van der Waals surface area (Å²) in [5, 5.41) is -0.245. The van der Waals surface area contributed by atoms with Gasteiger partial charge in [-0.25, -0.2) is 9.78 Å². The van der Waals surface area contributed by atoms with E-state index in [0.29, 0.717) is 13.2 Å². The third-order valence-corrected chi connectivity index (χ3v) is 6.07. The van der Waals surface area contributed by atoms with E-state index >= 15 is 0 Å². The van der Waals surface area contributed by atoms with Gasteiger partial charge in [0.1, 0.15) is 5.75 Å². The highest BCUT2D eigenvalue weighted by molar-refractivity contribution is 7.99. The molecule has 29 heavy (non-hydrogen) atoms. The van der Waals surface area contributed by atoms with E-state index in [-0.39, 0.29) is 11.2 Å². The number of rotatable bonds is 8. The van der Waals surface area contributed by atoms with Crippen molar-refractivity contribution in [1.82, 2.24) is 4.90 Å². The molecule has 2 aromatic carbocycles. The number of fused-ring (bicyclic) bond motifs is 1. The molecule has 0 aromatic heterocycles. The van der Waals surface area contributed by atoms with Crippen molar-refractivity contribution >= 4 is 23.4 Å². The summed E-state index contributed by atoms with van der Waals surface area (Å²) in [7, 11) is 5.63. The van der Waals surface area contributed by atoms with E-state index in [2.05, 4.69) is 11.0 Å². The molecule has 1 aliphatic heterocycles. The van der Waals surface area contributed by atoms with Crippen molar-refractivity contribution in [2.45, 2.75) is 23.2 Å². The number of methoxy groups -OCH3 is 1. The van der Waals surface area contributed by atoms with Gasteiger partial charge >= 0.3 is 0 Å². The fraction of sp³-hybridized carbons (Fsp3) is 0.409. The van der Waals surface area contributed by atoms with Gasteiger partial charge in [-0.15, -0.1) is 11.8 Å². The lowest BCUT2D eigenvalue weighted by Gasteiger charge is -2.28. The number of anilines is 1. The Kier molecular flexibility index (Phi) is 7.55. The van der Waals surface area contributed by atoms with Gasteiger partial charge in [0, 0.05) is 18.0 Å². The molecular formula is C22H28N2O4S. The standard InChI is InChI=1S/C22H28N2O4S/c1-5-27-28-20-21(16-10-12-17(26-4)13-11-16)29-19-9-7-6-8-18(19)24(22(20)25)15-14-23(2)3/h6-13,20-21H,5,14-15H2,1-4H3/t20-,21+/m1/s1. The predicted molar refractivity (Wildman–Crippen MR) is 115 cm³/mol. The zero-order chi connectivity index (χ0) is 20.8. The van der Waals surface area contributed by atoms with Crippen LogP contribution in [0.1, 0.15) is 17.7 Å². The van der Waals surface area contributed by atoms with E-state index < -0.39 is 6.10 Å². The van der Waals surface area contributed by atoms with E-state index in [9.17, 15) is 4.79 Å². The number of nitrogens with zero attached hydrogens (tertiary/aromatic N) is 2. The zero-order valence-corrected chi connectivity index (χ0v) is 18.1. The number of ether oxygens (including phenoxy) is 1. The topological polar surface area (TPSA) is 51.2 Å². The van der Waals surface area contributed by atoms with Crippen LogP contribution in [0.2, 0.25) is 0 Å². The normalized spacial score (nSPS) is 19.2. The lowest BCUT2D eigenvalue weighted by molar-refractivity contribution is -0.313. The third kappa shape index (κ3) is 5.11. The van der Waals surface area contributed by atoms with Crippen LogP contribution in [0.4, 0.5) is 5.69 Å². The summed E-state index contributed by atoms with van der Waals surface area (Å²) in [4.78, 5) is 29.5. The zero-order valence-electron chi connectivity index (χ0n) is 17.3. The first-order chi connectivity index (χ1) is 14.0. The van der Waals surface area contributed by atoms with Crippen LogP contribution in [0, 0.1) is 0 Å². The molecule has 0 radical (unpaired) electrons. The van der Waals surface area contributed by atoms with Crippen LogP contribution < -0.4 is 9.64 Å². The highest BCUT2D eigenvalue weighted by Gasteiger charge is 2.40. The van der Waals surface area contributed by atoms with E-state index in [1.807, 2.05) is 68.4 Å². The van der Waals surface area contributed by atoms with Crippen LogP contribution in [0.3, 0.4) is 0 Å². The highest BCUT2D eigenvalue weighted by Crippen LogP contribution is 2.46. The maximum Gasteiger partial charge on any atom is 0.261 e. The molecule has 0 saturated heterocycles. The summed E-state index contributed by atoms with van der Waals surface area (Å²) in [5.74, 6) is 0.674. The molecule has 1 aliphatic rings. The smallest absolute Gasteiger partial charge is 0.261 e. The molecule has 2 atom stereocenters. The van der Waals surface area contributed by atoms with Crippen molar-refractivity contribution in [1.29, 1.82) is 0 Å². The van der Waals surface area contributed by atoms with Gasteiger partial charge in [0.25, 0.3) is 5.91 Å². The molecule has 6 nitrogen and oxygen atoms in total. The molecular weight excluding hydrogens is 388 g/mol. The Morgan fingerprint density at radius 1 is 1.10 bits per heavy atom. The second-order valence-electron chi connectivity index (χ2n) is 7.00. The molecule has 3 rings (SSSR count). The molecule has 7 heteroatoms. The van der Waals surface area contributed by atoms with Gasteiger partial charge in [-0.05, 0) is 50.8 Å². The van der Waals surface area contributed by atoms with Gasteiger partial charge in [-0.2, -0.15) is 0 Å². The van der Waals surface area contributed by atoms with Crippen molar-refractivity contribution in [2.75, 3.05) is 45.8 Å². The van der Waals surface area contributed by atoms with Gasteiger partial charge in [-0.3, -0.25) is 4.79 Å². The minimum atomic E-state index is -0.761. The Morgan fingerprint density at radius 2 is 1.83 bits per heavy atom. The van der Waals surface area contributed by atoms with Gasteiger partial charge in [0.05, 0.1) is 24.7 Å². The second kappa shape index (κ2) is 10.1. The van der Waals surface area contributed by atoms with Crippen molar-refractivity contribution < 1.29 is 19.3 Å². The largest absolute Gasteiger partial charge is 0.497 e. The van der Waals surface area contributed by atoms with Crippen LogP contribution in [0.15, 0.2) is 53.4 Å². The summed E-state index contributed by atoms with van der Waals surface area (Å²) >= 11 is 1.62. The van der Waals surface area contributed by atoms with Crippen LogP contribution in [-0.2, 0) is 14.6 Å². The lowest BCUT2D eigenvalue weighted by atomic mass is 10.1. The monoisotopic (exact) mass is 416 g/mol. The number of thioether (sulfide) groups is 1. The van der Waals surface area contributed by atoms with Crippen LogP contribution >= 0.6 is 11.8 Å². The van der Waals surface area contributed by atoms with E-state index in [1.165, 1.54) is 0 Å². The van der Waals surface area contributed by atoms with Crippen LogP contribution in [0.5, 0.6) is 5.75 Å². The van der Waals surface area contributed by atoms with Gasteiger partial charge in [-0.1, -0.05) is 24.3 Å². The lowest BCUT2D eigenvalue weighted by Crippen LogP contribution is -2.44. The van der Waals surface area contributed by atoms with Gasteiger partial charge in [0.2, 0.25) is 0 Å². The van der Waals surface area contributed by atoms with E-state index in [4.69, 9.17) is 14.5 Å². The predicted octanol–water partition coefficient (Wildman–Crippen LogP) is 3.77. The number of likely N-dealkylation sites (N-methyl/N-ethyl adjacent to an activating group) is 1. The Labute approximate surface area is 176 Å². The number of para-hydroxylation sites is 1. The number of benzene rings is 2. The first kappa shape index (κ1) is 21.6. The number of amides is 1. The summed E-state index contributed by atoms with van der Waals surface area (Å²) in [5.41, 5.74) is 1.89. The van der Waals surface area contributed by atoms with E-state index in [1.54, 1.807) is 18.9 Å². The molecule has 0 fully saturated rings. The Balaban J connectivity index is 2.02. The summed E-state index contributed by atoms with van der Waals surface area (Å²) in [6.45, 7) is 3.54. The maximum atomic E-state index is 13.6. The average Bonchev–Trinajstić information content (AvgIpc) is 2.85.